The first kappa shape index (κ1) is 14.9. The second-order valence-electron chi connectivity index (χ2n) is 4.76. The summed E-state index contributed by atoms with van der Waals surface area (Å²) in [5.41, 5.74) is -0.0285. The van der Waals surface area contributed by atoms with Crippen molar-refractivity contribution in [2.75, 3.05) is 39.3 Å². The van der Waals surface area contributed by atoms with E-state index in [1.807, 2.05) is 0 Å². The minimum atomic E-state index is -1.06. The van der Waals surface area contributed by atoms with Gasteiger partial charge in [0.1, 0.15) is 0 Å². The predicted octanol–water partition coefficient (Wildman–Crippen LogP) is -0.713. The van der Waals surface area contributed by atoms with Gasteiger partial charge in [0.25, 0.3) is 0 Å². The van der Waals surface area contributed by atoms with Crippen molar-refractivity contribution >= 4 is 5.97 Å². The van der Waals surface area contributed by atoms with Crippen LogP contribution in [0.2, 0.25) is 0 Å². The lowest BCUT2D eigenvalue weighted by Gasteiger charge is -2.32. The van der Waals surface area contributed by atoms with Crippen LogP contribution in [0.25, 0.3) is 0 Å². The standard InChI is InChI=1S/C12H21N5O3/c1-2-16-5-6-20-10(8-16)7-13-3-4-17-9-11(12(18)19)14-15-17/h9-10,13H,2-8H2,1H3,(H,18,19). The van der Waals surface area contributed by atoms with Crippen molar-refractivity contribution in [1.82, 2.24) is 25.2 Å². The Morgan fingerprint density at radius 2 is 2.50 bits per heavy atom. The average molecular weight is 283 g/mol. The molecule has 8 heteroatoms. The minimum absolute atomic E-state index is 0.0285. The molecule has 0 spiro atoms. The fraction of sp³-hybridized carbons (Fsp3) is 0.750. The molecule has 1 atom stereocenters. The van der Waals surface area contributed by atoms with Crippen molar-refractivity contribution in [3.05, 3.63) is 11.9 Å². The van der Waals surface area contributed by atoms with Gasteiger partial charge >= 0.3 is 5.97 Å². The first-order chi connectivity index (χ1) is 9.69. The second kappa shape index (κ2) is 7.32. The van der Waals surface area contributed by atoms with Crippen molar-refractivity contribution in [2.24, 2.45) is 0 Å². The summed E-state index contributed by atoms with van der Waals surface area (Å²) >= 11 is 0. The number of carboxylic acid groups (broad SMARTS) is 1. The Bertz CT molecular complexity index is 436. The number of carboxylic acids is 1. The molecule has 1 unspecified atom stereocenters. The third-order valence-electron chi connectivity index (χ3n) is 3.32. The zero-order valence-corrected chi connectivity index (χ0v) is 11.7. The van der Waals surface area contributed by atoms with Crippen LogP contribution in [0.5, 0.6) is 0 Å². The van der Waals surface area contributed by atoms with Gasteiger partial charge in [-0.2, -0.15) is 0 Å². The van der Waals surface area contributed by atoms with Crippen LogP contribution in [0.3, 0.4) is 0 Å². The molecule has 1 aromatic rings. The molecule has 0 aromatic carbocycles. The highest BCUT2D eigenvalue weighted by Crippen LogP contribution is 2.03. The Hall–Kier alpha value is -1.51. The Balaban J connectivity index is 1.64. The largest absolute Gasteiger partial charge is 0.476 e. The number of likely N-dealkylation sites (N-methyl/N-ethyl adjacent to an activating group) is 1. The summed E-state index contributed by atoms with van der Waals surface area (Å²) in [6, 6.07) is 0. The SMILES string of the molecule is CCN1CCOC(CNCCn2cc(C(=O)O)nn2)C1. The number of ether oxygens (including phenoxy) is 1. The fourth-order valence-corrected chi connectivity index (χ4v) is 2.15. The van der Waals surface area contributed by atoms with E-state index in [4.69, 9.17) is 9.84 Å². The Morgan fingerprint density at radius 1 is 1.65 bits per heavy atom. The maximum atomic E-state index is 10.7. The molecule has 1 aromatic heterocycles. The van der Waals surface area contributed by atoms with Gasteiger partial charge in [0.2, 0.25) is 0 Å². The fourth-order valence-electron chi connectivity index (χ4n) is 2.15. The van der Waals surface area contributed by atoms with E-state index in [-0.39, 0.29) is 11.8 Å². The smallest absolute Gasteiger partial charge is 0.358 e. The van der Waals surface area contributed by atoms with Gasteiger partial charge in [-0.05, 0) is 6.54 Å². The highest BCUT2D eigenvalue weighted by atomic mass is 16.5. The van der Waals surface area contributed by atoms with Crippen LogP contribution in [0.15, 0.2) is 6.20 Å². The highest BCUT2D eigenvalue weighted by Gasteiger charge is 2.18. The van der Waals surface area contributed by atoms with Crippen LogP contribution in [0.4, 0.5) is 0 Å². The molecule has 0 saturated carbocycles. The summed E-state index contributed by atoms with van der Waals surface area (Å²) in [6.45, 7) is 8.03. The van der Waals surface area contributed by atoms with Gasteiger partial charge in [0.05, 0.1) is 25.5 Å². The molecule has 1 fully saturated rings. The van der Waals surface area contributed by atoms with Crippen LogP contribution < -0.4 is 5.32 Å². The zero-order valence-electron chi connectivity index (χ0n) is 11.7. The Labute approximate surface area is 117 Å². The van der Waals surface area contributed by atoms with Gasteiger partial charge in [0, 0.05) is 26.2 Å². The topological polar surface area (TPSA) is 92.5 Å². The lowest BCUT2D eigenvalue weighted by atomic mass is 10.2. The molecule has 2 rings (SSSR count). The lowest BCUT2D eigenvalue weighted by Crippen LogP contribution is -2.46. The number of carbonyl (C=O) groups is 1. The minimum Gasteiger partial charge on any atom is -0.476 e. The van der Waals surface area contributed by atoms with E-state index in [9.17, 15) is 4.79 Å². The second-order valence-corrected chi connectivity index (χ2v) is 4.76. The Morgan fingerprint density at radius 3 is 3.20 bits per heavy atom. The summed E-state index contributed by atoms with van der Waals surface area (Å²) in [5.74, 6) is -1.06. The van der Waals surface area contributed by atoms with Gasteiger partial charge in [-0.1, -0.05) is 12.1 Å². The molecule has 0 radical (unpaired) electrons. The maximum Gasteiger partial charge on any atom is 0.358 e. The molecule has 1 saturated heterocycles. The molecule has 8 nitrogen and oxygen atoms in total. The number of hydrogen-bond acceptors (Lipinski definition) is 6. The first-order valence-corrected chi connectivity index (χ1v) is 6.87. The molecule has 0 amide bonds. The van der Waals surface area contributed by atoms with Crippen molar-refractivity contribution in [3.8, 4) is 0 Å². The van der Waals surface area contributed by atoms with Gasteiger partial charge in [-0.3, -0.25) is 9.58 Å². The van der Waals surface area contributed by atoms with Crippen LogP contribution >= 0.6 is 0 Å². The summed E-state index contributed by atoms with van der Waals surface area (Å²) in [7, 11) is 0. The third kappa shape index (κ3) is 4.26. The zero-order chi connectivity index (χ0) is 14.4. The molecule has 1 aliphatic heterocycles. The summed E-state index contributed by atoms with van der Waals surface area (Å²) in [4.78, 5) is 13.0. The molecular formula is C12H21N5O3. The number of aromatic nitrogens is 3. The van der Waals surface area contributed by atoms with Crippen molar-refractivity contribution in [2.45, 2.75) is 19.6 Å². The van der Waals surface area contributed by atoms with E-state index in [0.29, 0.717) is 13.1 Å². The molecule has 0 bridgehead atoms. The monoisotopic (exact) mass is 283 g/mol. The summed E-state index contributed by atoms with van der Waals surface area (Å²) < 4.78 is 7.21. The van der Waals surface area contributed by atoms with Gasteiger partial charge in [-0.15, -0.1) is 5.10 Å². The number of hydrogen-bond donors (Lipinski definition) is 2. The highest BCUT2D eigenvalue weighted by molar-refractivity contribution is 5.84. The van der Waals surface area contributed by atoms with E-state index in [1.54, 1.807) is 0 Å². The van der Waals surface area contributed by atoms with E-state index in [1.165, 1.54) is 10.9 Å². The molecular weight excluding hydrogens is 262 g/mol. The van der Waals surface area contributed by atoms with Crippen molar-refractivity contribution in [1.29, 1.82) is 0 Å². The lowest BCUT2D eigenvalue weighted by molar-refractivity contribution is -0.0252. The van der Waals surface area contributed by atoms with Crippen molar-refractivity contribution in [3.63, 3.8) is 0 Å². The van der Waals surface area contributed by atoms with Gasteiger partial charge in [-0.25, -0.2) is 4.79 Å². The Kier molecular flexibility index (Phi) is 5.45. The normalized spacial score (nSPS) is 20.1. The molecule has 2 N–H and O–H groups in total. The number of nitrogens with zero attached hydrogens (tertiary/aromatic N) is 4. The summed E-state index contributed by atoms with van der Waals surface area (Å²) in [5, 5.41) is 19.3. The van der Waals surface area contributed by atoms with E-state index >= 15 is 0 Å². The van der Waals surface area contributed by atoms with Crippen molar-refractivity contribution < 1.29 is 14.6 Å². The predicted molar refractivity (Wildman–Crippen MR) is 71.7 cm³/mol. The third-order valence-corrected chi connectivity index (χ3v) is 3.32. The average Bonchev–Trinajstić information content (AvgIpc) is 2.93. The molecule has 1 aliphatic rings. The van der Waals surface area contributed by atoms with E-state index < -0.39 is 5.97 Å². The van der Waals surface area contributed by atoms with E-state index in [0.717, 1.165) is 32.8 Å². The van der Waals surface area contributed by atoms with Crippen LogP contribution in [-0.4, -0.2) is 76.4 Å². The van der Waals surface area contributed by atoms with Crippen LogP contribution in [0, 0.1) is 0 Å². The number of morpholine rings is 1. The quantitative estimate of drug-likeness (QED) is 0.638. The molecule has 0 aliphatic carbocycles. The maximum absolute atomic E-state index is 10.7. The molecule has 2 heterocycles. The number of rotatable bonds is 7. The van der Waals surface area contributed by atoms with E-state index in [2.05, 4.69) is 27.5 Å². The van der Waals surface area contributed by atoms with Gasteiger partial charge in [0.15, 0.2) is 5.69 Å². The van der Waals surface area contributed by atoms with Crippen LogP contribution in [-0.2, 0) is 11.3 Å². The van der Waals surface area contributed by atoms with Crippen LogP contribution in [0.1, 0.15) is 17.4 Å². The first-order valence-electron chi connectivity index (χ1n) is 6.87. The number of nitrogens with one attached hydrogen (secondary N) is 1. The summed E-state index contributed by atoms with van der Waals surface area (Å²) in [6.07, 6.45) is 1.65. The van der Waals surface area contributed by atoms with Gasteiger partial charge < -0.3 is 15.2 Å². The number of aromatic carboxylic acids is 1. The molecule has 112 valence electrons. The molecule has 20 heavy (non-hydrogen) atoms.